The van der Waals surface area contributed by atoms with Gasteiger partial charge < -0.3 is 5.11 Å². The fourth-order valence-electron chi connectivity index (χ4n) is 5.22. The zero-order valence-corrected chi connectivity index (χ0v) is 20.1. The number of carboxylic acids is 1. The van der Waals surface area contributed by atoms with Crippen LogP contribution in [0.5, 0.6) is 0 Å². The molecule has 0 radical (unpaired) electrons. The number of hydrogen-bond donors (Lipinski definition) is 1. The van der Waals surface area contributed by atoms with Gasteiger partial charge in [0.25, 0.3) is 0 Å². The van der Waals surface area contributed by atoms with E-state index in [0.717, 1.165) is 35.0 Å². The molecule has 0 aliphatic heterocycles. The molecule has 2 aromatic carbocycles. The van der Waals surface area contributed by atoms with Crippen molar-refractivity contribution >= 4 is 22.6 Å². The molecule has 0 atom stereocenters. The molecule has 7 rings (SSSR count). The van der Waals surface area contributed by atoms with Crippen LogP contribution in [0.1, 0.15) is 24.1 Å². The van der Waals surface area contributed by atoms with Crippen molar-refractivity contribution in [3.05, 3.63) is 103 Å². The summed E-state index contributed by atoms with van der Waals surface area (Å²) < 4.78 is 18.5. The fraction of sp³-hybridized carbons (Fsp3) is 0.138. The molecule has 1 aliphatic rings. The van der Waals surface area contributed by atoms with Crippen molar-refractivity contribution in [1.82, 2.24) is 29.1 Å². The Hall–Kier alpha value is -4.92. The Labute approximate surface area is 216 Å². The number of pyridine rings is 1. The Morgan fingerprint density at radius 3 is 2.63 bits per heavy atom. The Morgan fingerprint density at radius 2 is 1.82 bits per heavy atom. The smallest absolute Gasteiger partial charge is 0.325 e. The van der Waals surface area contributed by atoms with Crippen LogP contribution in [0.2, 0.25) is 0 Å². The molecule has 4 aromatic heterocycles. The first kappa shape index (κ1) is 22.3. The van der Waals surface area contributed by atoms with Gasteiger partial charge >= 0.3 is 5.97 Å². The van der Waals surface area contributed by atoms with E-state index in [0.29, 0.717) is 22.5 Å². The van der Waals surface area contributed by atoms with E-state index in [4.69, 9.17) is 5.11 Å². The molecule has 1 saturated carbocycles. The van der Waals surface area contributed by atoms with E-state index in [9.17, 15) is 4.79 Å². The van der Waals surface area contributed by atoms with Crippen molar-refractivity contribution in [3.8, 4) is 22.3 Å². The lowest BCUT2D eigenvalue weighted by Gasteiger charge is -2.17. The monoisotopic (exact) mass is 504 g/mol. The minimum absolute atomic E-state index is 0.144. The number of hydrogen-bond acceptors (Lipinski definition) is 5. The molecular formula is C29H21FN6O2. The summed E-state index contributed by atoms with van der Waals surface area (Å²) in [6.45, 7) is -0.282. The summed E-state index contributed by atoms with van der Waals surface area (Å²) in [5, 5.41) is 14.1. The first-order valence-corrected chi connectivity index (χ1v) is 12.2. The van der Waals surface area contributed by atoms with Gasteiger partial charge in [0, 0.05) is 52.3 Å². The standard InChI is InChI=1S/C29H21FN6O2/c30-24-11-18(3-5-23(24)21-13-34-35(15-21)17-27(37)38)20-12-32-28-33-14-26(36(28)16-20)29(7-8-29)22-4-6-25-19(10-22)2-1-9-31-25/h1-6,9-16H,7-8,17H2,(H,37,38). The van der Waals surface area contributed by atoms with E-state index >= 15 is 4.39 Å². The lowest BCUT2D eigenvalue weighted by Crippen LogP contribution is -2.12. The molecule has 1 fully saturated rings. The van der Waals surface area contributed by atoms with Gasteiger partial charge in [0.1, 0.15) is 12.4 Å². The number of halogens is 1. The van der Waals surface area contributed by atoms with Crippen molar-refractivity contribution in [1.29, 1.82) is 0 Å². The van der Waals surface area contributed by atoms with Crippen molar-refractivity contribution in [2.45, 2.75) is 24.8 Å². The molecule has 0 bridgehead atoms. The zero-order valence-electron chi connectivity index (χ0n) is 20.1. The van der Waals surface area contributed by atoms with Crippen LogP contribution in [0.3, 0.4) is 0 Å². The third kappa shape index (κ3) is 3.62. The van der Waals surface area contributed by atoms with Crippen LogP contribution in [0.4, 0.5) is 4.39 Å². The zero-order chi connectivity index (χ0) is 25.9. The molecule has 9 heteroatoms. The molecule has 0 saturated heterocycles. The second kappa shape index (κ2) is 8.31. The Bertz CT molecular complexity index is 1870. The number of carbonyl (C=O) groups is 1. The molecule has 38 heavy (non-hydrogen) atoms. The van der Waals surface area contributed by atoms with Gasteiger partial charge in [0.2, 0.25) is 5.78 Å². The van der Waals surface area contributed by atoms with Gasteiger partial charge in [-0.05, 0) is 48.2 Å². The minimum atomic E-state index is -1.01. The van der Waals surface area contributed by atoms with Gasteiger partial charge in [-0.15, -0.1) is 0 Å². The molecule has 186 valence electrons. The molecule has 8 nitrogen and oxygen atoms in total. The highest BCUT2D eigenvalue weighted by atomic mass is 19.1. The van der Waals surface area contributed by atoms with Crippen LogP contribution in [-0.2, 0) is 16.8 Å². The molecule has 0 amide bonds. The minimum Gasteiger partial charge on any atom is -0.480 e. The Morgan fingerprint density at radius 1 is 0.947 bits per heavy atom. The van der Waals surface area contributed by atoms with E-state index in [1.807, 2.05) is 28.9 Å². The molecule has 6 aromatic rings. The van der Waals surface area contributed by atoms with E-state index in [1.165, 1.54) is 28.7 Å². The molecule has 0 spiro atoms. The van der Waals surface area contributed by atoms with E-state index in [-0.39, 0.29) is 12.0 Å². The van der Waals surface area contributed by atoms with Crippen molar-refractivity contribution < 1.29 is 14.3 Å². The number of rotatable bonds is 6. The second-order valence-corrected chi connectivity index (χ2v) is 9.66. The predicted molar refractivity (Wildman–Crippen MR) is 139 cm³/mol. The normalized spacial score (nSPS) is 14.2. The highest BCUT2D eigenvalue weighted by Gasteiger charge is 2.48. The summed E-state index contributed by atoms with van der Waals surface area (Å²) >= 11 is 0. The molecule has 1 N–H and O–H groups in total. The van der Waals surface area contributed by atoms with E-state index < -0.39 is 11.8 Å². The number of nitrogens with zero attached hydrogens (tertiary/aromatic N) is 6. The van der Waals surface area contributed by atoms with E-state index in [1.54, 1.807) is 18.5 Å². The van der Waals surface area contributed by atoms with Gasteiger partial charge in [-0.2, -0.15) is 5.10 Å². The third-order valence-corrected chi connectivity index (χ3v) is 7.30. The maximum absolute atomic E-state index is 15.2. The first-order chi connectivity index (χ1) is 18.5. The van der Waals surface area contributed by atoms with Crippen LogP contribution < -0.4 is 0 Å². The summed E-state index contributed by atoms with van der Waals surface area (Å²) in [7, 11) is 0. The van der Waals surface area contributed by atoms with Gasteiger partial charge in [-0.1, -0.05) is 24.3 Å². The number of carboxylic acid groups (broad SMARTS) is 1. The van der Waals surface area contributed by atoms with Crippen LogP contribution in [0.15, 0.2) is 85.7 Å². The molecule has 0 unspecified atom stereocenters. The van der Waals surface area contributed by atoms with Crippen LogP contribution in [0, 0.1) is 5.82 Å². The lowest BCUT2D eigenvalue weighted by atomic mass is 9.91. The fourth-order valence-corrected chi connectivity index (χ4v) is 5.22. The Balaban J connectivity index is 1.25. The largest absolute Gasteiger partial charge is 0.480 e. The first-order valence-electron chi connectivity index (χ1n) is 12.2. The summed E-state index contributed by atoms with van der Waals surface area (Å²) in [4.78, 5) is 24.5. The summed E-state index contributed by atoms with van der Waals surface area (Å²) in [5.74, 6) is -0.838. The second-order valence-electron chi connectivity index (χ2n) is 9.66. The van der Waals surface area contributed by atoms with Crippen molar-refractivity contribution in [2.24, 2.45) is 0 Å². The number of benzene rings is 2. The highest BCUT2D eigenvalue weighted by molar-refractivity contribution is 5.80. The van der Waals surface area contributed by atoms with Crippen molar-refractivity contribution in [2.75, 3.05) is 0 Å². The predicted octanol–water partition coefficient (Wildman–Crippen LogP) is 5.11. The molecular weight excluding hydrogens is 483 g/mol. The summed E-state index contributed by atoms with van der Waals surface area (Å²) in [5.41, 5.74) is 5.43. The number of imidazole rings is 1. The number of aromatic nitrogens is 6. The quantitative estimate of drug-likeness (QED) is 0.338. The highest BCUT2D eigenvalue weighted by Crippen LogP contribution is 2.53. The Kier molecular flexibility index (Phi) is 4.87. The SMILES string of the molecule is O=C(O)Cn1cc(-c2ccc(-c3cnc4ncc(C5(c6ccc7ncccc7c6)CC5)n4c3)cc2F)cn1. The third-order valence-electron chi connectivity index (χ3n) is 7.30. The molecule has 4 heterocycles. The lowest BCUT2D eigenvalue weighted by molar-refractivity contribution is -0.137. The molecule has 1 aliphatic carbocycles. The maximum atomic E-state index is 15.2. The average molecular weight is 505 g/mol. The van der Waals surface area contributed by atoms with Gasteiger partial charge in [-0.3, -0.25) is 18.9 Å². The number of aliphatic carboxylic acids is 1. The number of fused-ring (bicyclic) bond motifs is 2. The van der Waals surface area contributed by atoms with Crippen molar-refractivity contribution in [3.63, 3.8) is 0 Å². The maximum Gasteiger partial charge on any atom is 0.325 e. The average Bonchev–Trinajstić information content (AvgIpc) is 3.40. The van der Waals surface area contributed by atoms with Gasteiger partial charge in [0.15, 0.2) is 0 Å². The van der Waals surface area contributed by atoms with Gasteiger partial charge in [0.05, 0.1) is 23.6 Å². The van der Waals surface area contributed by atoms with Crippen LogP contribution >= 0.6 is 0 Å². The van der Waals surface area contributed by atoms with Gasteiger partial charge in [-0.25, -0.2) is 14.4 Å². The summed E-state index contributed by atoms with van der Waals surface area (Å²) in [6.07, 6.45) is 12.4. The summed E-state index contributed by atoms with van der Waals surface area (Å²) in [6, 6.07) is 15.4. The van der Waals surface area contributed by atoms with E-state index in [2.05, 4.69) is 44.3 Å². The van der Waals surface area contributed by atoms with Crippen LogP contribution in [-0.4, -0.2) is 40.2 Å². The topological polar surface area (TPSA) is 98.2 Å². The van der Waals surface area contributed by atoms with Crippen LogP contribution in [0.25, 0.3) is 38.9 Å².